The topological polar surface area (TPSA) is 51.5 Å². The van der Waals surface area contributed by atoms with Gasteiger partial charge in [-0.1, -0.05) is 23.2 Å². The van der Waals surface area contributed by atoms with E-state index in [-0.39, 0.29) is 31.7 Å². The van der Waals surface area contributed by atoms with Crippen molar-refractivity contribution in [1.82, 2.24) is 0 Å². The number of benzene rings is 1. The number of anilines is 1. The van der Waals surface area contributed by atoms with Gasteiger partial charge in [-0.2, -0.15) is 8.78 Å². The van der Waals surface area contributed by atoms with E-state index in [9.17, 15) is 13.6 Å². The number of alkyl halides is 2. The van der Waals surface area contributed by atoms with Crippen LogP contribution in [-0.4, -0.2) is 12.5 Å². The van der Waals surface area contributed by atoms with Gasteiger partial charge in [0.15, 0.2) is 10.4 Å². The molecule has 0 radical (unpaired) electrons. The van der Waals surface area contributed by atoms with Crippen molar-refractivity contribution >= 4 is 50.7 Å². The van der Waals surface area contributed by atoms with Crippen LogP contribution in [0.15, 0.2) is 33.5 Å². The van der Waals surface area contributed by atoms with E-state index in [1.807, 2.05) is 0 Å². The van der Waals surface area contributed by atoms with Crippen LogP contribution in [0.1, 0.15) is 10.4 Å². The Bertz CT molecular complexity index is 655. The fourth-order valence-corrected chi connectivity index (χ4v) is 2.48. The normalized spacial score (nSPS) is 10.8. The third-order valence-corrected chi connectivity index (χ3v) is 3.50. The van der Waals surface area contributed by atoms with Crippen molar-refractivity contribution in [2.45, 2.75) is 6.61 Å². The van der Waals surface area contributed by atoms with E-state index in [2.05, 4.69) is 26.0 Å². The maximum Gasteiger partial charge on any atom is 0.387 e. The fraction of sp³-hybridized carbons (Fsp3) is 0.0833. The zero-order valence-electron chi connectivity index (χ0n) is 10.0. The van der Waals surface area contributed by atoms with Crippen LogP contribution in [0.4, 0.5) is 14.5 Å². The minimum absolute atomic E-state index is 0.149. The molecule has 0 atom stereocenters. The Kier molecular flexibility index (Phi) is 5.08. The molecule has 2 aromatic rings. The highest BCUT2D eigenvalue weighted by Gasteiger charge is 2.17. The first-order valence-corrected chi connectivity index (χ1v) is 6.91. The summed E-state index contributed by atoms with van der Waals surface area (Å²) in [4.78, 5) is 11.9. The van der Waals surface area contributed by atoms with Gasteiger partial charge in [0.05, 0.1) is 21.9 Å². The second kappa shape index (κ2) is 6.64. The summed E-state index contributed by atoms with van der Waals surface area (Å²) in [6, 6.07) is 3.95. The van der Waals surface area contributed by atoms with Gasteiger partial charge in [0.2, 0.25) is 0 Å². The number of ether oxygens (including phenoxy) is 1. The zero-order valence-corrected chi connectivity index (χ0v) is 13.1. The van der Waals surface area contributed by atoms with Gasteiger partial charge >= 0.3 is 6.61 Å². The first-order chi connectivity index (χ1) is 9.88. The van der Waals surface area contributed by atoms with Crippen LogP contribution in [0.25, 0.3) is 0 Å². The van der Waals surface area contributed by atoms with Crippen molar-refractivity contribution in [2.75, 3.05) is 5.32 Å². The van der Waals surface area contributed by atoms with E-state index in [0.29, 0.717) is 0 Å². The molecule has 112 valence electrons. The molecule has 0 spiro atoms. The van der Waals surface area contributed by atoms with E-state index in [1.54, 1.807) is 0 Å². The number of hydrogen-bond acceptors (Lipinski definition) is 3. The number of nitrogens with one attached hydrogen (secondary N) is 1. The van der Waals surface area contributed by atoms with Crippen molar-refractivity contribution in [2.24, 2.45) is 0 Å². The molecule has 2 rings (SSSR count). The van der Waals surface area contributed by atoms with E-state index in [0.717, 1.165) is 0 Å². The Morgan fingerprint density at radius 3 is 2.43 bits per heavy atom. The first kappa shape index (κ1) is 16.1. The van der Waals surface area contributed by atoms with E-state index >= 15 is 0 Å². The Labute approximate surface area is 136 Å². The molecule has 9 heteroatoms. The lowest BCUT2D eigenvalue weighted by Gasteiger charge is -2.11. The monoisotopic (exact) mass is 399 g/mol. The summed E-state index contributed by atoms with van der Waals surface area (Å²) in [5.41, 5.74) is 0.486. The quantitative estimate of drug-likeness (QED) is 0.767. The Balaban J connectivity index is 2.22. The van der Waals surface area contributed by atoms with Crippen molar-refractivity contribution in [3.05, 3.63) is 44.7 Å². The van der Waals surface area contributed by atoms with Gasteiger partial charge in [-0.3, -0.25) is 4.79 Å². The number of amides is 1. The van der Waals surface area contributed by atoms with Crippen LogP contribution < -0.4 is 10.1 Å². The van der Waals surface area contributed by atoms with Crippen molar-refractivity contribution in [1.29, 1.82) is 0 Å². The van der Waals surface area contributed by atoms with Crippen molar-refractivity contribution in [3.8, 4) is 5.75 Å². The van der Waals surface area contributed by atoms with Gasteiger partial charge in [-0.05, 0) is 34.1 Å². The first-order valence-electron chi connectivity index (χ1n) is 5.36. The third-order valence-electron chi connectivity index (χ3n) is 2.33. The largest absolute Gasteiger partial charge is 0.457 e. The average Bonchev–Trinajstić information content (AvgIpc) is 2.80. The molecule has 1 aromatic carbocycles. The molecule has 0 saturated heterocycles. The Morgan fingerprint density at radius 1 is 1.33 bits per heavy atom. The lowest BCUT2D eigenvalue weighted by Crippen LogP contribution is -2.12. The summed E-state index contributed by atoms with van der Waals surface area (Å²) in [6.07, 6.45) is 1.33. The minimum atomic E-state index is -3.05. The van der Waals surface area contributed by atoms with Crippen LogP contribution in [0, 0.1) is 0 Å². The van der Waals surface area contributed by atoms with Crippen LogP contribution in [0.2, 0.25) is 10.0 Å². The van der Waals surface area contributed by atoms with Crippen molar-refractivity contribution in [3.63, 3.8) is 0 Å². The molecule has 1 aromatic heterocycles. The number of carbonyl (C=O) groups is 1. The van der Waals surface area contributed by atoms with Gasteiger partial charge in [-0.25, -0.2) is 0 Å². The summed E-state index contributed by atoms with van der Waals surface area (Å²) in [6.45, 7) is -3.05. The number of furan rings is 1. The number of halogens is 5. The van der Waals surface area contributed by atoms with Crippen molar-refractivity contribution < 1.29 is 22.7 Å². The molecule has 4 nitrogen and oxygen atoms in total. The predicted octanol–water partition coefficient (Wildman–Crippen LogP) is 5.20. The highest BCUT2D eigenvalue weighted by atomic mass is 79.9. The summed E-state index contributed by atoms with van der Waals surface area (Å²) < 4.78 is 33.8. The lowest BCUT2D eigenvalue weighted by atomic mass is 10.2. The molecule has 0 bridgehead atoms. The van der Waals surface area contributed by atoms with Gasteiger partial charge in [0, 0.05) is 5.69 Å². The van der Waals surface area contributed by atoms with Gasteiger partial charge in [0.1, 0.15) is 0 Å². The smallest absolute Gasteiger partial charge is 0.387 e. The van der Waals surface area contributed by atoms with Crippen LogP contribution >= 0.6 is 39.1 Å². The van der Waals surface area contributed by atoms with Crippen LogP contribution in [0.3, 0.4) is 0 Å². The molecule has 0 saturated carbocycles. The average molecular weight is 401 g/mol. The molecule has 0 aliphatic carbocycles. The SMILES string of the molecule is O=C(Nc1cc(Cl)c(OC(F)F)c(Cl)c1)c1ccoc1Br. The summed E-state index contributed by atoms with van der Waals surface area (Å²) >= 11 is 14.7. The lowest BCUT2D eigenvalue weighted by molar-refractivity contribution is -0.0497. The standard InChI is InChI=1S/C12H6BrCl2F2NO3/c13-10-6(1-2-20-10)11(19)18-5-3-7(14)9(8(15)4-5)21-12(16)17/h1-4,12H,(H,18,19). The highest BCUT2D eigenvalue weighted by Crippen LogP contribution is 2.37. The zero-order chi connectivity index (χ0) is 15.6. The second-order valence-corrected chi connectivity index (χ2v) is 5.24. The molecule has 0 fully saturated rings. The number of rotatable bonds is 4. The highest BCUT2D eigenvalue weighted by molar-refractivity contribution is 9.10. The summed E-state index contributed by atoms with van der Waals surface area (Å²) in [5, 5.41) is 2.21. The van der Waals surface area contributed by atoms with Crippen LogP contribution in [0.5, 0.6) is 5.75 Å². The maximum atomic E-state index is 12.2. The summed E-state index contributed by atoms with van der Waals surface area (Å²) in [5.74, 6) is -0.832. The predicted molar refractivity (Wildman–Crippen MR) is 77.5 cm³/mol. The summed E-state index contributed by atoms with van der Waals surface area (Å²) in [7, 11) is 0. The molecule has 0 aliphatic heterocycles. The molecular weight excluding hydrogens is 395 g/mol. The molecular formula is C12H6BrCl2F2NO3. The van der Waals surface area contributed by atoms with Crippen LogP contribution in [-0.2, 0) is 0 Å². The Hall–Kier alpha value is -1.31. The van der Waals surface area contributed by atoms with E-state index in [4.69, 9.17) is 27.6 Å². The molecule has 1 amide bonds. The molecule has 1 heterocycles. The maximum absolute atomic E-state index is 12.2. The fourth-order valence-electron chi connectivity index (χ4n) is 1.49. The number of carbonyl (C=O) groups excluding carboxylic acids is 1. The van der Waals surface area contributed by atoms with Gasteiger partial charge in [-0.15, -0.1) is 0 Å². The van der Waals surface area contributed by atoms with Gasteiger partial charge < -0.3 is 14.5 Å². The molecule has 21 heavy (non-hydrogen) atoms. The second-order valence-electron chi connectivity index (χ2n) is 3.71. The minimum Gasteiger partial charge on any atom is -0.457 e. The molecule has 0 aliphatic rings. The molecule has 1 N–H and O–H groups in total. The molecule has 0 unspecified atom stereocenters. The number of hydrogen-bond donors (Lipinski definition) is 1. The van der Waals surface area contributed by atoms with E-state index < -0.39 is 12.5 Å². The Morgan fingerprint density at radius 2 is 1.95 bits per heavy atom. The third kappa shape index (κ3) is 3.87. The van der Waals surface area contributed by atoms with Gasteiger partial charge in [0.25, 0.3) is 5.91 Å². The van der Waals surface area contributed by atoms with E-state index in [1.165, 1.54) is 24.5 Å².